The third-order valence-electron chi connectivity index (χ3n) is 1.53. The number of carboxylic acids is 1. The first-order valence-corrected chi connectivity index (χ1v) is 4.29. The molecule has 1 rings (SSSR count). The standard InChI is InChI=1S/C10H7ClO3/c11-5-1-2-7-3-4-9(12)8(6-7)10(13)14/h3-4,6,12H,5H2,(H,13,14). The number of benzene rings is 1. The van der Waals surface area contributed by atoms with E-state index < -0.39 is 5.97 Å². The highest BCUT2D eigenvalue weighted by atomic mass is 35.5. The van der Waals surface area contributed by atoms with Gasteiger partial charge in [0, 0.05) is 5.56 Å². The number of carboxylic acid groups (broad SMARTS) is 1. The van der Waals surface area contributed by atoms with Crippen LogP contribution in [-0.2, 0) is 0 Å². The van der Waals surface area contributed by atoms with E-state index in [1.807, 2.05) is 0 Å². The first kappa shape index (κ1) is 10.4. The zero-order valence-electron chi connectivity index (χ0n) is 7.12. The Morgan fingerprint density at radius 2 is 2.21 bits per heavy atom. The van der Waals surface area contributed by atoms with E-state index in [2.05, 4.69) is 11.8 Å². The summed E-state index contributed by atoms with van der Waals surface area (Å²) in [7, 11) is 0. The Kier molecular flexibility index (Phi) is 3.38. The van der Waals surface area contributed by atoms with Gasteiger partial charge in [0.25, 0.3) is 0 Å². The van der Waals surface area contributed by atoms with Gasteiger partial charge in [0.2, 0.25) is 0 Å². The Labute approximate surface area is 85.9 Å². The number of hydrogen-bond acceptors (Lipinski definition) is 2. The van der Waals surface area contributed by atoms with Gasteiger partial charge in [0.15, 0.2) is 0 Å². The minimum absolute atomic E-state index is 0.161. The smallest absolute Gasteiger partial charge is 0.339 e. The van der Waals surface area contributed by atoms with E-state index in [0.29, 0.717) is 5.56 Å². The molecule has 0 aromatic heterocycles. The molecule has 14 heavy (non-hydrogen) atoms. The monoisotopic (exact) mass is 210 g/mol. The fraction of sp³-hybridized carbons (Fsp3) is 0.100. The number of aromatic carboxylic acids is 1. The largest absolute Gasteiger partial charge is 0.507 e. The molecule has 0 heterocycles. The van der Waals surface area contributed by atoms with Crippen molar-refractivity contribution in [1.29, 1.82) is 0 Å². The zero-order valence-corrected chi connectivity index (χ0v) is 7.88. The van der Waals surface area contributed by atoms with Gasteiger partial charge < -0.3 is 10.2 Å². The molecule has 0 saturated heterocycles. The highest BCUT2D eigenvalue weighted by Gasteiger charge is 2.08. The number of hydrogen-bond donors (Lipinski definition) is 2. The van der Waals surface area contributed by atoms with Crippen LogP contribution in [0.5, 0.6) is 5.75 Å². The van der Waals surface area contributed by atoms with Crippen molar-refractivity contribution in [3.8, 4) is 17.6 Å². The second kappa shape index (κ2) is 4.54. The molecule has 4 heteroatoms. The van der Waals surface area contributed by atoms with E-state index in [-0.39, 0.29) is 17.2 Å². The van der Waals surface area contributed by atoms with Gasteiger partial charge in [0.1, 0.15) is 11.3 Å². The topological polar surface area (TPSA) is 57.5 Å². The first-order valence-electron chi connectivity index (χ1n) is 3.76. The number of carbonyl (C=O) groups is 1. The first-order chi connectivity index (χ1) is 6.65. The fourth-order valence-corrected chi connectivity index (χ4v) is 0.987. The van der Waals surface area contributed by atoms with Gasteiger partial charge in [-0.2, -0.15) is 0 Å². The molecule has 0 fully saturated rings. The molecule has 0 bridgehead atoms. The number of halogens is 1. The Balaban J connectivity index is 3.13. The summed E-state index contributed by atoms with van der Waals surface area (Å²) in [5.74, 6) is 3.98. The second-order valence-corrected chi connectivity index (χ2v) is 2.74. The van der Waals surface area contributed by atoms with Crippen LogP contribution in [0.4, 0.5) is 0 Å². The molecule has 0 aliphatic heterocycles. The van der Waals surface area contributed by atoms with E-state index in [4.69, 9.17) is 16.7 Å². The van der Waals surface area contributed by atoms with Crippen molar-refractivity contribution in [2.24, 2.45) is 0 Å². The molecular formula is C10H7ClO3. The van der Waals surface area contributed by atoms with E-state index in [9.17, 15) is 9.90 Å². The average molecular weight is 211 g/mol. The molecule has 72 valence electrons. The molecule has 0 spiro atoms. The lowest BCUT2D eigenvalue weighted by Gasteiger charge is -1.98. The van der Waals surface area contributed by atoms with Crippen LogP contribution in [-0.4, -0.2) is 22.1 Å². The molecule has 0 radical (unpaired) electrons. The molecule has 0 amide bonds. The molecule has 0 aliphatic rings. The van der Waals surface area contributed by atoms with Crippen molar-refractivity contribution in [1.82, 2.24) is 0 Å². The summed E-state index contributed by atoms with van der Waals surface area (Å²) >= 11 is 5.35. The van der Waals surface area contributed by atoms with Gasteiger partial charge in [-0.05, 0) is 18.2 Å². The van der Waals surface area contributed by atoms with E-state index in [0.717, 1.165) is 0 Å². The maximum atomic E-state index is 10.6. The summed E-state index contributed by atoms with van der Waals surface area (Å²) in [5, 5.41) is 17.9. The van der Waals surface area contributed by atoms with Crippen molar-refractivity contribution in [2.75, 3.05) is 5.88 Å². The highest BCUT2D eigenvalue weighted by Crippen LogP contribution is 2.17. The predicted molar refractivity (Wildman–Crippen MR) is 52.7 cm³/mol. The van der Waals surface area contributed by atoms with Crippen molar-refractivity contribution >= 4 is 17.6 Å². The quantitative estimate of drug-likeness (QED) is 0.548. The highest BCUT2D eigenvalue weighted by molar-refractivity contribution is 6.19. The van der Waals surface area contributed by atoms with Crippen LogP contribution >= 0.6 is 11.6 Å². The summed E-state index contributed by atoms with van der Waals surface area (Å²) in [6.07, 6.45) is 0. The summed E-state index contributed by atoms with van der Waals surface area (Å²) in [4.78, 5) is 10.6. The Morgan fingerprint density at radius 3 is 2.79 bits per heavy atom. The molecule has 3 nitrogen and oxygen atoms in total. The lowest BCUT2D eigenvalue weighted by molar-refractivity contribution is 0.0693. The molecule has 0 unspecified atom stereocenters. The minimum Gasteiger partial charge on any atom is -0.507 e. The number of alkyl halides is 1. The van der Waals surface area contributed by atoms with Crippen LogP contribution in [0.1, 0.15) is 15.9 Å². The fourth-order valence-electron chi connectivity index (χ4n) is 0.921. The second-order valence-electron chi connectivity index (χ2n) is 2.47. The van der Waals surface area contributed by atoms with Gasteiger partial charge in [-0.3, -0.25) is 0 Å². The normalized spacial score (nSPS) is 8.93. The van der Waals surface area contributed by atoms with Gasteiger partial charge in [-0.15, -0.1) is 11.6 Å². The predicted octanol–water partition coefficient (Wildman–Crippen LogP) is 1.68. The maximum absolute atomic E-state index is 10.6. The van der Waals surface area contributed by atoms with E-state index >= 15 is 0 Å². The zero-order chi connectivity index (χ0) is 10.6. The molecule has 0 aliphatic carbocycles. The minimum atomic E-state index is -1.18. The van der Waals surface area contributed by atoms with Crippen LogP contribution in [0.25, 0.3) is 0 Å². The third kappa shape index (κ3) is 2.41. The Hall–Kier alpha value is -1.66. The molecule has 0 atom stereocenters. The van der Waals surface area contributed by atoms with Crippen LogP contribution in [0.3, 0.4) is 0 Å². The number of phenols is 1. The van der Waals surface area contributed by atoms with Crippen LogP contribution < -0.4 is 0 Å². The van der Waals surface area contributed by atoms with Gasteiger partial charge in [-0.25, -0.2) is 4.79 Å². The van der Waals surface area contributed by atoms with Crippen LogP contribution in [0.15, 0.2) is 18.2 Å². The third-order valence-corrected chi connectivity index (χ3v) is 1.66. The molecule has 1 aromatic carbocycles. The molecule has 1 aromatic rings. The molecule has 2 N–H and O–H groups in total. The number of aromatic hydroxyl groups is 1. The molecule has 0 saturated carbocycles. The summed E-state index contributed by atoms with van der Waals surface area (Å²) in [5.41, 5.74) is 0.354. The Bertz CT molecular complexity index is 415. The van der Waals surface area contributed by atoms with Crippen molar-refractivity contribution in [3.63, 3.8) is 0 Å². The van der Waals surface area contributed by atoms with Crippen LogP contribution in [0.2, 0.25) is 0 Å². The van der Waals surface area contributed by atoms with Crippen molar-refractivity contribution in [2.45, 2.75) is 0 Å². The maximum Gasteiger partial charge on any atom is 0.339 e. The van der Waals surface area contributed by atoms with Gasteiger partial charge >= 0.3 is 5.97 Å². The SMILES string of the molecule is O=C(O)c1cc(C#CCCl)ccc1O. The van der Waals surface area contributed by atoms with Gasteiger partial charge in [0.05, 0.1) is 5.88 Å². The van der Waals surface area contributed by atoms with E-state index in [1.54, 1.807) is 0 Å². The lowest BCUT2D eigenvalue weighted by Crippen LogP contribution is -1.97. The Morgan fingerprint density at radius 1 is 1.50 bits per heavy atom. The van der Waals surface area contributed by atoms with Crippen molar-refractivity contribution < 1.29 is 15.0 Å². The van der Waals surface area contributed by atoms with Gasteiger partial charge in [-0.1, -0.05) is 11.8 Å². The summed E-state index contributed by atoms with van der Waals surface area (Å²) in [6.45, 7) is 0. The number of rotatable bonds is 1. The molecular weight excluding hydrogens is 204 g/mol. The van der Waals surface area contributed by atoms with Crippen LogP contribution in [0, 0.1) is 11.8 Å². The lowest BCUT2D eigenvalue weighted by atomic mass is 10.1. The van der Waals surface area contributed by atoms with E-state index in [1.165, 1.54) is 18.2 Å². The van der Waals surface area contributed by atoms with Crippen molar-refractivity contribution in [3.05, 3.63) is 29.3 Å². The average Bonchev–Trinajstić information content (AvgIpc) is 2.16. The summed E-state index contributed by atoms with van der Waals surface area (Å²) < 4.78 is 0. The summed E-state index contributed by atoms with van der Waals surface area (Å²) in [6, 6.07) is 4.13.